The van der Waals surface area contributed by atoms with E-state index in [2.05, 4.69) is 0 Å². The van der Waals surface area contributed by atoms with E-state index in [-0.39, 0.29) is 18.2 Å². The predicted octanol–water partition coefficient (Wildman–Crippen LogP) is -0.0796. The van der Waals surface area contributed by atoms with Crippen molar-refractivity contribution in [1.82, 2.24) is 9.21 Å². The maximum atomic E-state index is 11.9. The number of likely N-dealkylation sites (N-methyl/N-ethyl adjacent to an activating group) is 1. The fraction of sp³-hybridized carbons (Fsp3) is 0.900. The Kier molecular flexibility index (Phi) is 6.66. The normalized spacial score (nSPS) is 12.6. The van der Waals surface area contributed by atoms with Crippen molar-refractivity contribution in [3.8, 4) is 0 Å². The van der Waals surface area contributed by atoms with Crippen molar-refractivity contribution >= 4 is 16.0 Å². The molecule has 0 unspecified atom stereocenters. The first-order valence-electron chi connectivity index (χ1n) is 5.49. The van der Waals surface area contributed by atoms with Crippen LogP contribution in [-0.2, 0) is 14.8 Å². The Morgan fingerprint density at radius 3 is 2.12 bits per heavy atom. The molecule has 0 aromatic carbocycles. The first-order valence-corrected chi connectivity index (χ1v) is 7.10. The molecule has 0 aromatic rings. The van der Waals surface area contributed by atoms with Crippen molar-refractivity contribution < 1.29 is 18.3 Å². The lowest BCUT2D eigenvalue weighted by atomic mass is 10.3. The molecule has 0 spiro atoms. The van der Waals surface area contributed by atoms with Crippen LogP contribution in [0.1, 0.15) is 13.8 Å². The van der Waals surface area contributed by atoms with Gasteiger partial charge >= 0.3 is 5.97 Å². The molecule has 0 amide bonds. The van der Waals surface area contributed by atoms with Crippen LogP contribution in [0.2, 0.25) is 0 Å². The van der Waals surface area contributed by atoms with E-state index in [9.17, 15) is 13.2 Å². The quantitative estimate of drug-likeness (QED) is 0.665. The van der Waals surface area contributed by atoms with Gasteiger partial charge in [-0.2, -0.15) is 4.31 Å². The third kappa shape index (κ3) is 7.30. The average Bonchev–Trinajstić information content (AvgIpc) is 2.08. The first kappa shape index (κ1) is 16.3. The molecule has 0 radical (unpaired) electrons. The zero-order valence-electron chi connectivity index (χ0n) is 10.9. The van der Waals surface area contributed by atoms with Gasteiger partial charge in [0.15, 0.2) is 0 Å². The zero-order valence-corrected chi connectivity index (χ0v) is 11.7. The van der Waals surface area contributed by atoms with Gasteiger partial charge in [-0.15, -0.1) is 0 Å². The van der Waals surface area contributed by atoms with E-state index in [0.29, 0.717) is 6.54 Å². The molecule has 0 saturated heterocycles. The van der Waals surface area contributed by atoms with Crippen LogP contribution < -0.4 is 0 Å². The molecule has 6 nitrogen and oxygen atoms in total. The van der Waals surface area contributed by atoms with Crippen LogP contribution in [0, 0.1) is 5.92 Å². The van der Waals surface area contributed by atoms with E-state index in [1.54, 1.807) is 13.8 Å². The topological polar surface area (TPSA) is 77.9 Å². The molecule has 0 saturated carbocycles. The summed E-state index contributed by atoms with van der Waals surface area (Å²) in [6, 6.07) is 0. The highest BCUT2D eigenvalue weighted by Gasteiger charge is 2.25. The van der Waals surface area contributed by atoms with Gasteiger partial charge in [0.25, 0.3) is 0 Å². The Hall–Kier alpha value is -0.660. The van der Waals surface area contributed by atoms with Gasteiger partial charge in [-0.1, -0.05) is 13.8 Å². The standard InChI is InChI=1S/C10H22N2O4S/c1-9(2)8-17(15,16)12(7-10(13)14)6-5-11(3)4/h9H,5-8H2,1-4H3,(H,13,14). The Morgan fingerprint density at radius 1 is 1.24 bits per heavy atom. The highest BCUT2D eigenvalue weighted by molar-refractivity contribution is 7.89. The lowest BCUT2D eigenvalue weighted by Crippen LogP contribution is -2.41. The molecule has 0 aliphatic carbocycles. The van der Waals surface area contributed by atoms with E-state index in [1.165, 1.54) is 0 Å². The maximum Gasteiger partial charge on any atom is 0.318 e. The number of carbonyl (C=O) groups is 1. The first-order chi connectivity index (χ1) is 7.65. The van der Waals surface area contributed by atoms with Crippen LogP contribution in [0.25, 0.3) is 0 Å². The van der Waals surface area contributed by atoms with Crippen LogP contribution in [0.15, 0.2) is 0 Å². The molecular weight excluding hydrogens is 244 g/mol. The minimum absolute atomic E-state index is 0.0179. The number of hydrogen-bond donors (Lipinski definition) is 1. The van der Waals surface area contributed by atoms with Gasteiger partial charge in [0, 0.05) is 13.1 Å². The molecule has 0 aromatic heterocycles. The van der Waals surface area contributed by atoms with Crippen LogP contribution >= 0.6 is 0 Å². The monoisotopic (exact) mass is 266 g/mol. The number of nitrogens with zero attached hydrogens (tertiary/aromatic N) is 2. The molecule has 102 valence electrons. The summed E-state index contributed by atoms with van der Waals surface area (Å²) in [6.45, 7) is 3.83. The second-order valence-electron chi connectivity index (χ2n) is 4.70. The zero-order chi connectivity index (χ0) is 13.6. The number of sulfonamides is 1. The van der Waals surface area contributed by atoms with E-state index < -0.39 is 22.5 Å². The molecular formula is C10H22N2O4S. The predicted molar refractivity (Wildman–Crippen MR) is 66.4 cm³/mol. The lowest BCUT2D eigenvalue weighted by Gasteiger charge is -2.23. The summed E-state index contributed by atoms with van der Waals surface area (Å²) >= 11 is 0. The Labute approximate surface area is 103 Å². The number of carboxylic acids is 1. The summed E-state index contributed by atoms with van der Waals surface area (Å²) < 4.78 is 24.9. The number of hydrogen-bond acceptors (Lipinski definition) is 4. The van der Waals surface area contributed by atoms with E-state index in [4.69, 9.17) is 5.11 Å². The van der Waals surface area contributed by atoms with E-state index in [1.807, 2.05) is 19.0 Å². The minimum atomic E-state index is -3.49. The number of rotatable bonds is 8. The van der Waals surface area contributed by atoms with Gasteiger partial charge in [0.05, 0.1) is 5.75 Å². The van der Waals surface area contributed by atoms with Gasteiger partial charge in [-0.05, 0) is 20.0 Å². The molecule has 0 heterocycles. The van der Waals surface area contributed by atoms with E-state index >= 15 is 0 Å². The third-order valence-corrected chi connectivity index (χ3v) is 4.23. The van der Waals surface area contributed by atoms with Crippen molar-refractivity contribution in [3.63, 3.8) is 0 Å². The highest BCUT2D eigenvalue weighted by atomic mass is 32.2. The average molecular weight is 266 g/mol. The minimum Gasteiger partial charge on any atom is -0.480 e. The molecule has 0 fully saturated rings. The van der Waals surface area contributed by atoms with Crippen molar-refractivity contribution in [1.29, 1.82) is 0 Å². The van der Waals surface area contributed by atoms with Crippen molar-refractivity contribution in [3.05, 3.63) is 0 Å². The van der Waals surface area contributed by atoms with Crippen LogP contribution in [0.3, 0.4) is 0 Å². The largest absolute Gasteiger partial charge is 0.480 e. The lowest BCUT2D eigenvalue weighted by molar-refractivity contribution is -0.137. The van der Waals surface area contributed by atoms with Gasteiger partial charge in [0.1, 0.15) is 6.54 Å². The fourth-order valence-corrected chi connectivity index (χ4v) is 3.03. The Balaban J connectivity index is 4.71. The number of carboxylic acid groups (broad SMARTS) is 1. The Bertz CT molecular complexity index is 338. The third-order valence-electron chi connectivity index (χ3n) is 2.05. The maximum absolute atomic E-state index is 11.9. The summed E-state index contributed by atoms with van der Waals surface area (Å²) in [7, 11) is 0.140. The van der Waals surface area contributed by atoms with Gasteiger partial charge in [0.2, 0.25) is 10.0 Å². The summed E-state index contributed by atoms with van der Waals surface area (Å²) in [5.74, 6) is -1.17. The molecule has 1 N–H and O–H groups in total. The fourth-order valence-electron chi connectivity index (χ4n) is 1.31. The van der Waals surface area contributed by atoms with Crippen molar-refractivity contribution in [2.24, 2.45) is 5.92 Å². The summed E-state index contributed by atoms with van der Waals surface area (Å²) in [4.78, 5) is 12.5. The number of aliphatic carboxylic acids is 1. The van der Waals surface area contributed by atoms with Crippen LogP contribution in [-0.4, -0.2) is 68.2 Å². The van der Waals surface area contributed by atoms with E-state index in [0.717, 1.165) is 4.31 Å². The summed E-state index contributed by atoms with van der Waals surface area (Å²) in [6.07, 6.45) is 0. The van der Waals surface area contributed by atoms with Crippen molar-refractivity contribution in [2.75, 3.05) is 39.5 Å². The molecule has 0 aliphatic rings. The Morgan fingerprint density at radius 2 is 1.76 bits per heavy atom. The van der Waals surface area contributed by atoms with Gasteiger partial charge in [-0.25, -0.2) is 8.42 Å². The second kappa shape index (κ2) is 6.93. The molecule has 0 aliphatic heterocycles. The molecule has 0 atom stereocenters. The second-order valence-corrected chi connectivity index (χ2v) is 6.72. The summed E-state index contributed by atoms with van der Waals surface area (Å²) in [5, 5.41) is 8.73. The molecule has 7 heteroatoms. The summed E-state index contributed by atoms with van der Waals surface area (Å²) in [5.41, 5.74) is 0. The molecule has 17 heavy (non-hydrogen) atoms. The van der Waals surface area contributed by atoms with Crippen LogP contribution in [0.4, 0.5) is 0 Å². The van der Waals surface area contributed by atoms with Crippen LogP contribution in [0.5, 0.6) is 0 Å². The molecule has 0 rings (SSSR count). The van der Waals surface area contributed by atoms with Gasteiger partial charge < -0.3 is 10.0 Å². The van der Waals surface area contributed by atoms with Crippen molar-refractivity contribution in [2.45, 2.75) is 13.8 Å². The molecule has 0 bridgehead atoms. The van der Waals surface area contributed by atoms with Gasteiger partial charge in [-0.3, -0.25) is 4.79 Å². The SMILES string of the molecule is CC(C)CS(=O)(=O)N(CCN(C)C)CC(=O)O. The smallest absolute Gasteiger partial charge is 0.318 e. The highest BCUT2D eigenvalue weighted by Crippen LogP contribution is 2.07.